The Labute approximate surface area is 678 Å². The first-order valence-electron chi connectivity index (χ1n) is 40.9. The van der Waals surface area contributed by atoms with Crippen LogP contribution in [0.5, 0.6) is 0 Å². The Bertz CT molecular complexity index is 7920. The summed E-state index contributed by atoms with van der Waals surface area (Å²) < 4.78 is 0. The Morgan fingerprint density at radius 2 is 0.632 bits per heavy atom. The average molecular weight is 1480 g/mol. The Kier molecular flexibility index (Phi) is 13.9. The molecule has 0 radical (unpaired) electrons. The molecule has 4 aliphatic rings. The molecular formula is C115H72N2. The van der Waals surface area contributed by atoms with E-state index in [1.807, 2.05) is 0 Å². The van der Waals surface area contributed by atoms with Gasteiger partial charge in [-0.2, -0.15) is 0 Å². The summed E-state index contributed by atoms with van der Waals surface area (Å²) in [5.41, 5.74) is 27.9. The highest BCUT2D eigenvalue weighted by Crippen LogP contribution is 2.66. The van der Waals surface area contributed by atoms with Gasteiger partial charge < -0.3 is 9.80 Å². The molecule has 25 rings (SSSR count). The van der Waals surface area contributed by atoms with Crippen LogP contribution < -0.4 is 9.80 Å². The highest BCUT2D eigenvalue weighted by Gasteiger charge is 2.54. The molecule has 0 atom stereocenters. The number of hydrogen-bond donors (Lipinski definition) is 0. The van der Waals surface area contributed by atoms with E-state index in [0.29, 0.717) is 0 Å². The zero-order valence-corrected chi connectivity index (χ0v) is 64.3. The molecule has 0 heterocycles. The molecule has 0 aliphatic heterocycles. The molecule has 21 aromatic carbocycles. The molecule has 542 valence electrons. The monoisotopic (exact) mass is 1480 g/mol. The van der Waals surface area contributed by atoms with Crippen LogP contribution in [0.25, 0.3) is 158 Å². The molecule has 0 amide bonds. The minimum atomic E-state index is -0.629. The van der Waals surface area contributed by atoms with Crippen molar-refractivity contribution in [1.82, 2.24) is 0 Å². The van der Waals surface area contributed by atoms with Crippen LogP contribution in [0, 0.1) is 0 Å². The average Bonchev–Trinajstić information content (AvgIpc) is 1.51. The molecule has 2 heteroatoms. The van der Waals surface area contributed by atoms with Crippen LogP contribution in [0.3, 0.4) is 0 Å². The number of benzene rings is 21. The highest BCUT2D eigenvalue weighted by atomic mass is 15.2. The van der Waals surface area contributed by atoms with Gasteiger partial charge in [0.05, 0.1) is 27.9 Å². The van der Waals surface area contributed by atoms with Crippen molar-refractivity contribution < 1.29 is 0 Å². The predicted molar refractivity (Wildman–Crippen MR) is 496 cm³/mol. The van der Waals surface area contributed by atoms with E-state index in [-0.39, 0.29) is 0 Å². The lowest BCUT2D eigenvalue weighted by Gasteiger charge is -2.34. The second-order valence-corrected chi connectivity index (χ2v) is 32.3. The lowest BCUT2D eigenvalue weighted by Crippen LogP contribution is -2.27. The van der Waals surface area contributed by atoms with Gasteiger partial charge in [-0.25, -0.2) is 0 Å². The summed E-state index contributed by atoms with van der Waals surface area (Å²) >= 11 is 0. The van der Waals surface area contributed by atoms with E-state index in [9.17, 15) is 0 Å². The quantitative estimate of drug-likeness (QED) is 0.133. The SMILES string of the molecule is C=CC1=C(/C=C\C)C2(c3cc(N(c4cc5ccc6ccccc6c5c5ccccc45)c4cccc5c6ccc(-c7ccc8c(c7)-c7ccc(N(c9ccc%10ccccc%10c9)c9cccc%10c%11ccccc%11c%11ccccc%11c9%10)cc7C87c8ccccc8-c8ccccc87)cc6c6ccccc6c45)ccc31)c1ccccc1-c1ccccc12. The Balaban J connectivity index is 0.700. The molecule has 0 aromatic heterocycles. The Hall–Kier alpha value is -15.0. The number of nitrogens with zero attached hydrogens (tertiary/aromatic N) is 2. The fourth-order valence-electron chi connectivity index (χ4n) is 22.2. The lowest BCUT2D eigenvalue weighted by molar-refractivity contribution is 0.786. The molecule has 0 saturated heterocycles. The molecule has 0 fully saturated rings. The third-order valence-corrected chi connectivity index (χ3v) is 26.8. The first-order valence-corrected chi connectivity index (χ1v) is 40.9. The molecule has 2 spiro atoms. The second-order valence-electron chi connectivity index (χ2n) is 32.3. The zero-order valence-electron chi connectivity index (χ0n) is 64.3. The van der Waals surface area contributed by atoms with Gasteiger partial charge in [-0.1, -0.05) is 346 Å². The van der Waals surface area contributed by atoms with Crippen molar-refractivity contribution in [3.05, 3.63) is 463 Å². The van der Waals surface area contributed by atoms with Gasteiger partial charge in [-0.05, 0) is 265 Å². The zero-order chi connectivity index (χ0) is 76.9. The van der Waals surface area contributed by atoms with E-state index in [4.69, 9.17) is 0 Å². The highest BCUT2D eigenvalue weighted by molar-refractivity contribution is 6.32. The maximum atomic E-state index is 4.58. The summed E-state index contributed by atoms with van der Waals surface area (Å²) in [6.45, 7) is 6.73. The summed E-state index contributed by atoms with van der Waals surface area (Å²) in [6.07, 6.45) is 6.65. The van der Waals surface area contributed by atoms with E-state index < -0.39 is 10.8 Å². The van der Waals surface area contributed by atoms with Gasteiger partial charge >= 0.3 is 0 Å². The van der Waals surface area contributed by atoms with E-state index in [1.165, 1.54) is 202 Å². The maximum Gasteiger partial charge on any atom is 0.0726 e. The van der Waals surface area contributed by atoms with Crippen molar-refractivity contribution in [2.24, 2.45) is 0 Å². The second kappa shape index (κ2) is 24.8. The Morgan fingerprint density at radius 3 is 1.24 bits per heavy atom. The number of fused-ring (bicyclic) bond motifs is 35. The van der Waals surface area contributed by atoms with Gasteiger partial charge in [0.15, 0.2) is 0 Å². The summed E-state index contributed by atoms with van der Waals surface area (Å²) in [5.74, 6) is 0. The topological polar surface area (TPSA) is 6.48 Å². The van der Waals surface area contributed by atoms with Crippen LogP contribution in [-0.4, -0.2) is 0 Å². The van der Waals surface area contributed by atoms with Crippen LogP contribution in [0.4, 0.5) is 34.1 Å². The van der Waals surface area contributed by atoms with Gasteiger partial charge in [-0.3, -0.25) is 0 Å². The molecule has 21 aromatic rings. The number of allylic oxidation sites excluding steroid dienone is 5. The molecular weight excluding hydrogens is 1410 g/mol. The van der Waals surface area contributed by atoms with E-state index in [0.717, 1.165) is 39.7 Å². The van der Waals surface area contributed by atoms with E-state index in [1.54, 1.807) is 0 Å². The van der Waals surface area contributed by atoms with Gasteiger partial charge in [-0.15, -0.1) is 0 Å². The van der Waals surface area contributed by atoms with Crippen LogP contribution in [0.15, 0.2) is 419 Å². The minimum Gasteiger partial charge on any atom is -0.310 e. The molecule has 0 saturated carbocycles. The molecule has 4 aliphatic carbocycles. The van der Waals surface area contributed by atoms with Crippen LogP contribution in [-0.2, 0) is 10.8 Å². The Morgan fingerprint density at radius 1 is 0.231 bits per heavy atom. The molecule has 2 nitrogen and oxygen atoms in total. The van der Waals surface area contributed by atoms with Crippen molar-refractivity contribution in [3.8, 4) is 44.5 Å². The van der Waals surface area contributed by atoms with Crippen molar-refractivity contribution in [1.29, 1.82) is 0 Å². The number of hydrogen-bond acceptors (Lipinski definition) is 2. The summed E-state index contributed by atoms with van der Waals surface area (Å²) in [4.78, 5) is 5.16. The normalized spacial score (nSPS) is 13.8. The van der Waals surface area contributed by atoms with Gasteiger partial charge in [0.25, 0.3) is 0 Å². The van der Waals surface area contributed by atoms with Crippen molar-refractivity contribution in [3.63, 3.8) is 0 Å². The molecule has 117 heavy (non-hydrogen) atoms. The van der Waals surface area contributed by atoms with Crippen LogP contribution in [0.1, 0.15) is 51.4 Å². The van der Waals surface area contributed by atoms with Gasteiger partial charge in [0.1, 0.15) is 0 Å². The summed E-state index contributed by atoms with van der Waals surface area (Å²) in [6, 6.07) is 148. The number of anilines is 6. The third-order valence-electron chi connectivity index (χ3n) is 26.8. The first kappa shape index (κ1) is 65.6. The van der Waals surface area contributed by atoms with Crippen molar-refractivity contribution >= 4 is 147 Å². The fraction of sp³-hybridized carbons (Fsp3) is 0.0261. The molecule has 0 unspecified atom stereocenters. The number of rotatable bonds is 9. The molecule has 0 bridgehead atoms. The van der Waals surface area contributed by atoms with Crippen LogP contribution in [0.2, 0.25) is 0 Å². The van der Waals surface area contributed by atoms with Crippen molar-refractivity contribution in [2.75, 3.05) is 9.80 Å². The fourth-order valence-corrected chi connectivity index (χ4v) is 22.2. The van der Waals surface area contributed by atoms with Gasteiger partial charge in [0.2, 0.25) is 0 Å². The van der Waals surface area contributed by atoms with E-state index >= 15 is 0 Å². The third kappa shape index (κ3) is 8.88. The first-order chi connectivity index (χ1) is 58.0. The summed E-state index contributed by atoms with van der Waals surface area (Å²) in [7, 11) is 0. The standard InChI is InChI=1S/C115H72N2/c1-3-27-100-79(4-2)90-61-59-78(69-106(90)114(100)101-46-21-17-36-86(101)87-37-18-22-47-102(87)114)117(110-67-75-53-52-71-29-7-8-31-80(71)111(75)97-43-16-13-40-92(97)110)109-51-26-45-96-85-60-55-73(65-98(85)84-35-12-15-42-94(84)113(96)109)74-56-63-105-99(66-74)91-62-58-77(68-107(91)115(105)103-48-23-19-38-88(103)89-39-20-24-49-104(89)115)116(76-57-54-70-28-5-6-30-72(70)64-76)108-50-25-44-95-83-33-10-9-32-81(83)82-34-11-14-41-93(82)112(95)108/h3-69H,2H2,1H3/b27-3-. The lowest BCUT2D eigenvalue weighted by atomic mass is 9.69. The predicted octanol–water partition coefficient (Wildman–Crippen LogP) is 31.0. The van der Waals surface area contributed by atoms with Crippen molar-refractivity contribution in [2.45, 2.75) is 17.8 Å². The van der Waals surface area contributed by atoms with Crippen LogP contribution >= 0.6 is 0 Å². The van der Waals surface area contributed by atoms with E-state index in [2.05, 4.69) is 430 Å². The largest absolute Gasteiger partial charge is 0.310 e. The molecule has 0 N–H and O–H groups in total. The summed E-state index contributed by atoms with van der Waals surface area (Å²) in [5, 5.41) is 24.4. The smallest absolute Gasteiger partial charge is 0.0726 e. The minimum absolute atomic E-state index is 0.614. The van der Waals surface area contributed by atoms with Gasteiger partial charge in [0, 0.05) is 33.2 Å². The maximum absolute atomic E-state index is 4.58.